The van der Waals surface area contributed by atoms with Gasteiger partial charge in [-0.2, -0.15) is 0 Å². The van der Waals surface area contributed by atoms with E-state index in [9.17, 15) is 0 Å². The van der Waals surface area contributed by atoms with Crippen molar-refractivity contribution >= 4 is 17.2 Å². The summed E-state index contributed by atoms with van der Waals surface area (Å²) in [4.78, 5) is 4.21. The number of rotatable bonds is 1. The lowest BCUT2D eigenvalue weighted by atomic mass is 10.1. The molecule has 0 atom stereocenters. The van der Waals surface area contributed by atoms with Gasteiger partial charge in [-0.3, -0.25) is 0 Å². The monoisotopic (exact) mass is 203 g/mol. The van der Waals surface area contributed by atoms with Crippen molar-refractivity contribution in [1.29, 1.82) is 0 Å². The average Bonchev–Trinajstić information content (AvgIpc) is 2.52. The molecular weight excluding hydrogens is 190 g/mol. The van der Waals surface area contributed by atoms with Gasteiger partial charge in [0.2, 0.25) is 0 Å². The van der Waals surface area contributed by atoms with E-state index in [1.54, 1.807) is 23.0 Å². The quantitative estimate of drug-likeness (QED) is 0.725. The zero-order chi connectivity index (χ0) is 11.0. The summed E-state index contributed by atoms with van der Waals surface area (Å²) in [6, 6.07) is 1.79. The van der Waals surface area contributed by atoms with Crippen LogP contribution in [-0.2, 0) is 0 Å². The van der Waals surface area contributed by atoms with Crippen molar-refractivity contribution in [2.24, 2.45) is 5.73 Å². The van der Waals surface area contributed by atoms with Crippen LogP contribution in [0.4, 0.5) is 5.82 Å². The predicted molar refractivity (Wildman–Crippen MR) is 59.9 cm³/mol. The molecule has 0 amide bonds. The van der Waals surface area contributed by atoms with Crippen LogP contribution in [0.25, 0.3) is 11.3 Å². The minimum atomic E-state index is 0.410. The molecule has 0 aliphatic heterocycles. The highest BCUT2D eigenvalue weighted by molar-refractivity contribution is 5.82. The molecule has 0 saturated carbocycles. The van der Waals surface area contributed by atoms with Gasteiger partial charge in [0.1, 0.15) is 0 Å². The first-order chi connectivity index (χ1) is 7.11. The van der Waals surface area contributed by atoms with Crippen LogP contribution in [0.3, 0.4) is 0 Å². The average molecular weight is 203 g/mol. The van der Waals surface area contributed by atoms with Crippen LogP contribution in [0.2, 0.25) is 0 Å². The normalized spacial score (nSPS) is 10.5. The lowest BCUT2D eigenvalue weighted by molar-refractivity contribution is 0.945. The number of hydrogen-bond donors (Lipinski definition) is 2. The maximum Gasteiger partial charge on any atom is 0.166 e. The molecule has 0 radical (unpaired) electrons. The molecule has 0 spiro atoms. The molecule has 2 aromatic heterocycles. The maximum absolute atomic E-state index is 5.96. The smallest absolute Gasteiger partial charge is 0.166 e. The third-order valence-corrected chi connectivity index (χ3v) is 2.23. The minimum Gasteiger partial charge on any atom is -0.398 e. The molecule has 0 aliphatic carbocycles. The Morgan fingerprint density at radius 3 is 2.80 bits per heavy atom. The van der Waals surface area contributed by atoms with Crippen molar-refractivity contribution in [3.63, 3.8) is 0 Å². The van der Waals surface area contributed by atoms with Crippen LogP contribution in [0.5, 0.6) is 0 Å². The minimum absolute atomic E-state index is 0.410. The first kappa shape index (κ1) is 9.51. The molecule has 2 aromatic rings. The van der Waals surface area contributed by atoms with Gasteiger partial charge >= 0.3 is 0 Å². The second-order valence-corrected chi connectivity index (χ2v) is 3.56. The first-order valence-corrected chi connectivity index (χ1v) is 4.63. The summed E-state index contributed by atoms with van der Waals surface area (Å²) in [5, 5.41) is 4.13. The number of allylic oxidation sites excluding steroid dienone is 1. The van der Waals surface area contributed by atoms with Gasteiger partial charge < -0.3 is 11.5 Å². The Kier molecular flexibility index (Phi) is 2.07. The lowest BCUT2D eigenvalue weighted by Crippen LogP contribution is -2.01. The summed E-state index contributed by atoms with van der Waals surface area (Å²) in [6.07, 6.45) is 3.48. The lowest BCUT2D eigenvalue weighted by Gasteiger charge is -2.01. The number of hydrogen-bond acceptors (Lipinski definition) is 4. The van der Waals surface area contributed by atoms with Crippen LogP contribution in [0, 0.1) is 0 Å². The topological polar surface area (TPSA) is 82.2 Å². The van der Waals surface area contributed by atoms with E-state index in [2.05, 4.69) is 10.1 Å². The van der Waals surface area contributed by atoms with Crippen LogP contribution < -0.4 is 11.5 Å². The van der Waals surface area contributed by atoms with Crippen molar-refractivity contribution < 1.29 is 0 Å². The van der Waals surface area contributed by atoms with E-state index in [0.29, 0.717) is 17.2 Å². The zero-order valence-corrected chi connectivity index (χ0v) is 8.73. The van der Waals surface area contributed by atoms with E-state index < -0.39 is 0 Å². The molecule has 2 rings (SSSR count). The Balaban J connectivity index is 2.81. The molecular formula is C10H13N5. The summed E-state index contributed by atoms with van der Waals surface area (Å²) in [7, 11) is 0. The number of nitrogens with two attached hydrogens (primary N) is 2. The highest BCUT2D eigenvalue weighted by Gasteiger charge is 2.13. The maximum atomic E-state index is 5.96. The predicted octanol–water partition coefficient (Wildman–Crippen LogP) is 1.02. The Bertz CT molecular complexity index is 534. The third-order valence-electron chi connectivity index (χ3n) is 2.23. The Hall–Kier alpha value is -2.04. The molecule has 0 saturated heterocycles. The van der Waals surface area contributed by atoms with Crippen molar-refractivity contribution in [2.75, 3.05) is 5.73 Å². The van der Waals surface area contributed by atoms with Gasteiger partial charge in [0.05, 0.1) is 5.56 Å². The van der Waals surface area contributed by atoms with E-state index >= 15 is 0 Å². The summed E-state index contributed by atoms with van der Waals surface area (Å²) in [6.45, 7) is 3.86. The number of nitrogens with zero attached hydrogens (tertiary/aromatic N) is 3. The number of nitrogen functional groups attached to an aromatic ring is 1. The summed E-state index contributed by atoms with van der Waals surface area (Å²) >= 11 is 0. The summed E-state index contributed by atoms with van der Waals surface area (Å²) in [5.74, 6) is 0.410. The zero-order valence-electron chi connectivity index (χ0n) is 8.73. The fraction of sp³-hybridized carbons (Fsp3) is 0.200. The van der Waals surface area contributed by atoms with E-state index in [0.717, 1.165) is 11.1 Å². The third kappa shape index (κ3) is 1.41. The van der Waals surface area contributed by atoms with Crippen LogP contribution in [-0.4, -0.2) is 14.6 Å². The number of aromatic nitrogens is 3. The van der Waals surface area contributed by atoms with Crippen molar-refractivity contribution in [2.45, 2.75) is 13.8 Å². The van der Waals surface area contributed by atoms with Gasteiger partial charge in [0.15, 0.2) is 11.5 Å². The van der Waals surface area contributed by atoms with Crippen LogP contribution >= 0.6 is 0 Å². The highest BCUT2D eigenvalue weighted by atomic mass is 15.3. The van der Waals surface area contributed by atoms with E-state index in [-0.39, 0.29) is 0 Å². The molecule has 2 heterocycles. The standard InChI is InChI=1S/C10H13N5/c1-6(2)8(11)7-9(12)14-15-5-3-4-13-10(7)15/h3-5H,11H2,1-2H3,(H2,12,14). The molecule has 0 fully saturated rings. The van der Waals surface area contributed by atoms with E-state index in [1.165, 1.54) is 0 Å². The molecule has 0 unspecified atom stereocenters. The van der Waals surface area contributed by atoms with E-state index in [1.807, 2.05) is 13.8 Å². The van der Waals surface area contributed by atoms with Crippen molar-refractivity contribution in [3.8, 4) is 0 Å². The Morgan fingerprint density at radius 1 is 1.40 bits per heavy atom. The molecule has 4 N–H and O–H groups in total. The fourth-order valence-electron chi connectivity index (χ4n) is 1.41. The molecule has 78 valence electrons. The van der Waals surface area contributed by atoms with E-state index in [4.69, 9.17) is 11.5 Å². The second-order valence-electron chi connectivity index (χ2n) is 3.56. The summed E-state index contributed by atoms with van der Waals surface area (Å²) in [5.41, 5.74) is 14.8. The number of anilines is 1. The van der Waals surface area contributed by atoms with Gasteiger partial charge in [-0.1, -0.05) is 5.57 Å². The highest BCUT2D eigenvalue weighted by Crippen LogP contribution is 2.23. The fourth-order valence-corrected chi connectivity index (χ4v) is 1.41. The molecule has 5 nitrogen and oxygen atoms in total. The van der Waals surface area contributed by atoms with Gasteiger partial charge in [-0.25, -0.2) is 9.50 Å². The number of fused-ring (bicyclic) bond motifs is 1. The molecule has 15 heavy (non-hydrogen) atoms. The van der Waals surface area contributed by atoms with Crippen molar-refractivity contribution in [1.82, 2.24) is 14.6 Å². The van der Waals surface area contributed by atoms with Gasteiger partial charge in [-0.15, -0.1) is 5.10 Å². The molecule has 0 bridgehead atoms. The van der Waals surface area contributed by atoms with Gasteiger partial charge in [0.25, 0.3) is 0 Å². The van der Waals surface area contributed by atoms with Gasteiger partial charge in [0, 0.05) is 18.1 Å². The van der Waals surface area contributed by atoms with Gasteiger partial charge in [-0.05, 0) is 19.9 Å². The summed E-state index contributed by atoms with van der Waals surface area (Å²) < 4.78 is 1.63. The first-order valence-electron chi connectivity index (χ1n) is 4.63. The Labute approximate surface area is 87.4 Å². The van der Waals surface area contributed by atoms with Crippen LogP contribution in [0.15, 0.2) is 24.0 Å². The Morgan fingerprint density at radius 2 is 2.13 bits per heavy atom. The van der Waals surface area contributed by atoms with Crippen molar-refractivity contribution in [3.05, 3.63) is 29.6 Å². The largest absolute Gasteiger partial charge is 0.398 e. The molecule has 0 aromatic carbocycles. The molecule has 0 aliphatic rings. The SMILES string of the molecule is CC(C)=C(N)c1c(N)nn2cccnc12. The molecule has 5 heteroatoms. The van der Waals surface area contributed by atoms with Crippen LogP contribution in [0.1, 0.15) is 19.4 Å². The second kappa shape index (κ2) is 3.27.